The lowest BCUT2D eigenvalue weighted by molar-refractivity contribution is 0.0952. The van der Waals surface area contributed by atoms with Gasteiger partial charge in [-0.3, -0.25) is 9.48 Å². The lowest BCUT2D eigenvalue weighted by atomic mass is 10.1. The lowest BCUT2D eigenvalue weighted by Gasteiger charge is -2.14. The van der Waals surface area contributed by atoms with Crippen LogP contribution >= 0.6 is 0 Å². The van der Waals surface area contributed by atoms with E-state index in [4.69, 9.17) is 15.2 Å². The second-order valence-corrected chi connectivity index (χ2v) is 10.00. The van der Waals surface area contributed by atoms with Gasteiger partial charge in [-0.15, -0.1) is 5.10 Å². The summed E-state index contributed by atoms with van der Waals surface area (Å²) in [4.78, 5) is 16.6. The molecule has 0 aliphatic heterocycles. The molecule has 0 aliphatic rings. The molecule has 10 nitrogen and oxygen atoms in total. The summed E-state index contributed by atoms with van der Waals surface area (Å²) in [5, 5.41) is 11.4. The van der Waals surface area contributed by atoms with Crippen LogP contribution in [0.2, 0.25) is 0 Å². The molecule has 0 bridgehead atoms. The van der Waals surface area contributed by atoms with Crippen LogP contribution in [0.3, 0.4) is 0 Å². The second kappa shape index (κ2) is 14.9. The van der Waals surface area contributed by atoms with E-state index in [9.17, 15) is 4.79 Å². The number of unbranched alkanes of at least 4 members (excludes halogenated alkanes) is 2. The van der Waals surface area contributed by atoms with Crippen molar-refractivity contribution in [2.45, 2.75) is 66.0 Å². The van der Waals surface area contributed by atoms with Crippen LogP contribution in [0.1, 0.15) is 66.0 Å². The standard InChI is InChI=1S/C31H41N7O3/c1-4-40-28-16-13-24(19-29(28)41-5-2)21-38-27(20-34-31(38)32)10-8-6-7-9-26-22-37(36-35-26)18-17-33-30(39)25-14-11-23(3)12-15-25/h11-16,19-20,22H,4-10,17-18,21H2,1-3H3,(H2,32,34)(H,33,39). The molecule has 41 heavy (non-hydrogen) atoms. The minimum Gasteiger partial charge on any atom is -0.490 e. The van der Waals surface area contributed by atoms with E-state index in [1.165, 1.54) is 0 Å². The summed E-state index contributed by atoms with van der Waals surface area (Å²) in [6.45, 7) is 8.79. The fourth-order valence-electron chi connectivity index (χ4n) is 4.63. The van der Waals surface area contributed by atoms with E-state index in [0.29, 0.717) is 44.4 Å². The Labute approximate surface area is 241 Å². The van der Waals surface area contributed by atoms with E-state index < -0.39 is 0 Å². The molecule has 0 radical (unpaired) electrons. The number of nitrogen functional groups attached to an aromatic ring is 1. The van der Waals surface area contributed by atoms with E-state index in [-0.39, 0.29) is 5.91 Å². The van der Waals surface area contributed by atoms with Crippen LogP contribution in [-0.4, -0.2) is 50.2 Å². The zero-order valence-electron chi connectivity index (χ0n) is 24.3. The number of imidazole rings is 1. The first-order chi connectivity index (χ1) is 20.0. The quantitative estimate of drug-likeness (QED) is 0.192. The van der Waals surface area contributed by atoms with E-state index in [0.717, 1.165) is 66.1 Å². The summed E-state index contributed by atoms with van der Waals surface area (Å²) in [7, 11) is 0. The molecular formula is C31H41N7O3. The number of hydrogen-bond donors (Lipinski definition) is 2. The number of nitrogens with two attached hydrogens (primary N) is 1. The number of carbonyl (C=O) groups excluding carboxylic acids is 1. The number of benzene rings is 2. The van der Waals surface area contributed by atoms with Crippen molar-refractivity contribution in [1.29, 1.82) is 0 Å². The number of rotatable bonds is 16. The highest BCUT2D eigenvalue weighted by Crippen LogP contribution is 2.29. The minimum absolute atomic E-state index is 0.0804. The van der Waals surface area contributed by atoms with Crippen molar-refractivity contribution in [2.75, 3.05) is 25.5 Å². The van der Waals surface area contributed by atoms with Gasteiger partial charge in [-0.05, 0) is 76.3 Å². The number of anilines is 1. The maximum atomic E-state index is 12.3. The van der Waals surface area contributed by atoms with E-state index in [2.05, 4.69) is 25.2 Å². The molecule has 0 spiro atoms. The predicted octanol–water partition coefficient (Wildman–Crippen LogP) is 4.60. The van der Waals surface area contributed by atoms with E-state index in [1.54, 1.807) is 4.68 Å². The number of carbonyl (C=O) groups is 1. The molecule has 0 saturated carbocycles. The predicted molar refractivity (Wildman–Crippen MR) is 159 cm³/mol. The Morgan fingerprint density at radius 3 is 2.51 bits per heavy atom. The van der Waals surface area contributed by atoms with Gasteiger partial charge in [-0.1, -0.05) is 35.4 Å². The molecule has 2 heterocycles. The molecule has 10 heteroatoms. The summed E-state index contributed by atoms with van der Waals surface area (Å²) in [5.74, 6) is 1.93. The van der Waals surface area contributed by atoms with Crippen molar-refractivity contribution in [1.82, 2.24) is 29.9 Å². The summed E-state index contributed by atoms with van der Waals surface area (Å²) >= 11 is 0. The molecule has 0 atom stereocenters. The average molecular weight is 560 g/mol. The van der Waals surface area contributed by atoms with Gasteiger partial charge in [0.25, 0.3) is 5.91 Å². The van der Waals surface area contributed by atoms with Gasteiger partial charge in [0.2, 0.25) is 5.95 Å². The minimum atomic E-state index is -0.0804. The van der Waals surface area contributed by atoms with Crippen molar-refractivity contribution in [3.05, 3.63) is 82.9 Å². The third-order valence-corrected chi connectivity index (χ3v) is 6.81. The summed E-state index contributed by atoms with van der Waals surface area (Å²) < 4.78 is 15.3. The summed E-state index contributed by atoms with van der Waals surface area (Å²) in [5.41, 5.74) is 11.2. The van der Waals surface area contributed by atoms with Gasteiger partial charge >= 0.3 is 0 Å². The molecule has 0 aliphatic carbocycles. The second-order valence-electron chi connectivity index (χ2n) is 10.00. The smallest absolute Gasteiger partial charge is 0.251 e. The van der Waals surface area contributed by atoms with Crippen molar-refractivity contribution in [3.63, 3.8) is 0 Å². The van der Waals surface area contributed by atoms with Crippen molar-refractivity contribution >= 4 is 11.9 Å². The Kier molecular flexibility index (Phi) is 10.8. The maximum absolute atomic E-state index is 12.3. The molecule has 3 N–H and O–H groups in total. The van der Waals surface area contributed by atoms with Crippen LogP contribution in [0.5, 0.6) is 11.5 Å². The van der Waals surface area contributed by atoms with Crippen LogP contribution < -0.4 is 20.5 Å². The van der Waals surface area contributed by atoms with Gasteiger partial charge in [0, 0.05) is 24.0 Å². The average Bonchev–Trinajstić information content (AvgIpc) is 3.56. The monoisotopic (exact) mass is 559 g/mol. The largest absolute Gasteiger partial charge is 0.490 e. The molecule has 0 fully saturated rings. The molecule has 218 valence electrons. The van der Waals surface area contributed by atoms with Gasteiger partial charge in [0.15, 0.2) is 11.5 Å². The van der Waals surface area contributed by atoms with Crippen molar-refractivity contribution in [3.8, 4) is 11.5 Å². The Balaban J connectivity index is 1.19. The van der Waals surface area contributed by atoms with Crippen molar-refractivity contribution in [2.24, 2.45) is 0 Å². The first-order valence-corrected chi connectivity index (χ1v) is 14.4. The third-order valence-electron chi connectivity index (χ3n) is 6.81. The summed E-state index contributed by atoms with van der Waals surface area (Å²) in [6, 6.07) is 13.6. The van der Waals surface area contributed by atoms with Gasteiger partial charge < -0.3 is 25.1 Å². The Hall–Kier alpha value is -4.34. The highest BCUT2D eigenvalue weighted by molar-refractivity contribution is 5.94. The van der Waals surface area contributed by atoms with Gasteiger partial charge in [-0.25, -0.2) is 4.98 Å². The molecule has 0 unspecified atom stereocenters. The number of aromatic nitrogens is 5. The van der Waals surface area contributed by atoms with Gasteiger partial charge in [0.1, 0.15) is 0 Å². The fraction of sp³-hybridized carbons (Fsp3) is 0.419. The topological polar surface area (TPSA) is 122 Å². The molecule has 4 rings (SSSR count). The number of ether oxygens (including phenoxy) is 2. The zero-order valence-corrected chi connectivity index (χ0v) is 24.3. The van der Waals surface area contributed by atoms with Gasteiger partial charge in [-0.2, -0.15) is 0 Å². The number of aryl methyl sites for hydroxylation is 3. The lowest BCUT2D eigenvalue weighted by Crippen LogP contribution is -2.27. The Morgan fingerprint density at radius 1 is 0.976 bits per heavy atom. The molecule has 2 aromatic heterocycles. The van der Waals surface area contributed by atoms with E-state index >= 15 is 0 Å². The number of amides is 1. The van der Waals surface area contributed by atoms with Crippen LogP contribution in [0.4, 0.5) is 5.95 Å². The summed E-state index contributed by atoms with van der Waals surface area (Å²) in [6.07, 6.45) is 8.69. The Bertz CT molecular complexity index is 1400. The molecule has 1 amide bonds. The normalized spacial score (nSPS) is 11.0. The molecular weight excluding hydrogens is 518 g/mol. The van der Waals surface area contributed by atoms with Crippen LogP contribution in [0.15, 0.2) is 54.9 Å². The van der Waals surface area contributed by atoms with Crippen LogP contribution in [0, 0.1) is 6.92 Å². The fourth-order valence-corrected chi connectivity index (χ4v) is 4.63. The van der Waals surface area contributed by atoms with Gasteiger partial charge in [0.05, 0.1) is 38.2 Å². The number of hydrogen-bond acceptors (Lipinski definition) is 7. The third kappa shape index (κ3) is 8.57. The molecule has 0 saturated heterocycles. The Morgan fingerprint density at radius 2 is 1.73 bits per heavy atom. The van der Waals surface area contributed by atoms with Crippen LogP contribution in [0.25, 0.3) is 0 Å². The SMILES string of the molecule is CCOc1ccc(Cn2c(CCCCCc3cn(CCNC(=O)c4ccc(C)cc4)nn3)cnc2N)cc1OCC. The molecule has 4 aromatic rings. The first-order valence-electron chi connectivity index (χ1n) is 14.4. The van der Waals surface area contributed by atoms with E-state index in [1.807, 2.05) is 75.6 Å². The first kappa shape index (κ1) is 29.6. The highest BCUT2D eigenvalue weighted by atomic mass is 16.5. The number of nitrogens with one attached hydrogen (secondary N) is 1. The number of nitrogens with zero attached hydrogens (tertiary/aromatic N) is 5. The maximum Gasteiger partial charge on any atom is 0.251 e. The van der Waals surface area contributed by atoms with Crippen molar-refractivity contribution < 1.29 is 14.3 Å². The van der Waals surface area contributed by atoms with Crippen LogP contribution in [-0.2, 0) is 25.9 Å². The molecule has 2 aromatic carbocycles. The highest BCUT2D eigenvalue weighted by Gasteiger charge is 2.12. The zero-order chi connectivity index (χ0) is 29.0.